The Morgan fingerprint density at radius 3 is 2.31 bits per heavy atom. The minimum absolute atomic E-state index is 0.0492. The number of hydrogen-bond acceptors (Lipinski definition) is 8. The van der Waals surface area contributed by atoms with Crippen molar-refractivity contribution in [3.63, 3.8) is 0 Å². The van der Waals surface area contributed by atoms with Gasteiger partial charge in [0.05, 0.1) is 6.07 Å². The lowest BCUT2D eigenvalue weighted by Gasteiger charge is -2.20. The molecule has 0 spiro atoms. The molecule has 4 rings (SSSR count). The average molecular weight is 497 g/mol. The average Bonchev–Trinajstić information content (AvgIpc) is 3.51. The minimum Gasteiger partial charge on any atom is -0.378 e. The third kappa shape index (κ3) is 4.96. The zero-order valence-corrected chi connectivity index (χ0v) is 18.9. The van der Waals surface area contributed by atoms with Crippen LogP contribution in [0.3, 0.4) is 0 Å². The van der Waals surface area contributed by atoms with Crippen LogP contribution in [0.4, 0.5) is 13.2 Å². The van der Waals surface area contributed by atoms with E-state index in [2.05, 4.69) is 20.6 Å². The molecule has 2 aromatic heterocycles. The van der Waals surface area contributed by atoms with Crippen LogP contribution in [0.2, 0.25) is 0 Å². The summed E-state index contributed by atoms with van der Waals surface area (Å²) in [5.74, 6) is -2.06. The number of alkyl halides is 3. The normalized spacial score (nSPS) is 12.7. The first-order valence-corrected chi connectivity index (χ1v) is 10.5. The Bertz CT molecular complexity index is 1420. The van der Waals surface area contributed by atoms with Gasteiger partial charge in [-0.2, -0.15) is 23.4 Å². The van der Waals surface area contributed by atoms with E-state index < -0.39 is 46.6 Å². The zero-order chi connectivity index (χ0) is 26.1. The summed E-state index contributed by atoms with van der Waals surface area (Å²) < 4.78 is 51.7. The van der Waals surface area contributed by atoms with Gasteiger partial charge >= 0.3 is 6.18 Å². The highest BCUT2D eigenvalue weighted by Crippen LogP contribution is 2.43. The van der Waals surface area contributed by atoms with Crippen molar-refractivity contribution in [1.29, 1.82) is 5.26 Å². The van der Waals surface area contributed by atoms with Crippen LogP contribution >= 0.6 is 0 Å². The second-order valence-corrected chi connectivity index (χ2v) is 8.27. The summed E-state index contributed by atoms with van der Waals surface area (Å²) in [6.07, 6.45) is -6.36. The molecule has 0 aliphatic rings. The van der Waals surface area contributed by atoms with Crippen molar-refractivity contribution in [2.75, 3.05) is 0 Å². The molecule has 0 fully saturated rings. The molecule has 0 saturated heterocycles. The van der Waals surface area contributed by atoms with E-state index in [1.807, 2.05) is 6.07 Å². The van der Waals surface area contributed by atoms with Gasteiger partial charge in [0.1, 0.15) is 16.8 Å². The van der Waals surface area contributed by atoms with Crippen LogP contribution in [0.25, 0.3) is 34.3 Å². The molecule has 0 radical (unpaired) electrons. The number of rotatable bonds is 6. The third-order valence-electron chi connectivity index (χ3n) is 5.09. The molecule has 184 valence electrons. The third-order valence-corrected chi connectivity index (χ3v) is 5.09. The molecule has 0 aliphatic heterocycles. The molecule has 1 atom stereocenters. The van der Waals surface area contributed by atoms with Gasteiger partial charge in [0, 0.05) is 11.1 Å². The first-order valence-electron chi connectivity index (χ1n) is 10.5. The summed E-state index contributed by atoms with van der Waals surface area (Å²) >= 11 is 0. The Kier molecular flexibility index (Phi) is 6.34. The van der Waals surface area contributed by atoms with Gasteiger partial charge in [-0.05, 0) is 19.4 Å². The molecular weight excluding hydrogens is 479 g/mol. The van der Waals surface area contributed by atoms with Gasteiger partial charge in [0.25, 0.3) is 11.8 Å². The highest BCUT2D eigenvalue weighted by Gasteiger charge is 2.43. The van der Waals surface area contributed by atoms with Crippen molar-refractivity contribution < 1.29 is 32.1 Å². The van der Waals surface area contributed by atoms with Gasteiger partial charge in [-0.25, -0.2) is 0 Å². The quantitative estimate of drug-likeness (QED) is 0.396. The number of aliphatic hydroxyl groups is 1. The summed E-state index contributed by atoms with van der Waals surface area (Å²) in [7, 11) is 0. The van der Waals surface area contributed by atoms with E-state index in [-0.39, 0.29) is 17.0 Å². The van der Waals surface area contributed by atoms with Gasteiger partial charge in [0.15, 0.2) is 6.10 Å². The maximum absolute atomic E-state index is 13.9. The smallest absolute Gasteiger partial charge is 0.378 e. The van der Waals surface area contributed by atoms with Gasteiger partial charge in [-0.3, -0.25) is 4.79 Å². The number of nitrogens with zero attached hydrogens (tertiary/aromatic N) is 4. The first-order chi connectivity index (χ1) is 17.0. The van der Waals surface area contributed by atoms with Crippen LogP contribution in [-0.4, -0.2) is 31.8 Å². The number of aromatic nitrogens is 3. The molecule has 2 heterocycles. The number of amides is 1. The van der Waals surface area contributed by atoms with E-state index in [9.17, 15) is 23.1 Å². The van der Waals surface area contributed by atoms with Gasteiger partial charge in [0.2, 0.25) is 11.6 Å². The second-order valence-electron chi connectivity index (χ2n) is 8.27. The van der Waals surface area contributed by atoms with Crippen LogP contribution in [0.15, 0.2) is 63.6 Å². The van der Waals surface area contributed by atoms with Crippen molar-refractivity contribution in [3.05, 3.63) is 65.7 Å². The van der Waals surface area contributed by atoms with Crippen LogP contribution in [0.1, 0.15) is 31.1 Å². The van der Waals surface area contributed by atoms with Gasteiger partial charge in [-0.1, -0.05) is 64.9 Å². The molecule has 1 amide bonds. The van der Waals surface area contributed by atoms with E-state index in [1.165, 1.54) is 50.2 Å². The van der Waals surface area contributed by atoms with Crippen molar-refractivity contribution in [2.45, 2.75) is 31.7 Å². The van der Waals surface area contributed by atoms with Crippen molar-refractivity contribution >= 4 is 5.91 Å². The fourth-order valence-corrected chi connectivity index (χ4v) is 3.30. The van der Waals surface area contributed by atoms with E-state index in [0.29, 0.717) is 5.56 Å². The molecule has 36 heavy (non-hydrogen) atoms. The first kappa shape index (κ1) is 24.6. The van der Waals surface area contributed by atoms with Crippen LogP contribution in [0.5, 0.6) is 0 Å². The number of hydrogen-bond donors (Lipinski definition) is 2. The molecule has 0 aliphatic carbocycles. The Morgan fingerprint density at radius 2 is 1.69 bits per heavy atom. The van der Waals surface area contributed by atoms with Crippen LogP contribution in [-0.2, 0) is 11.0 Å². The minimum atomic E-state index is -4.81. The zero-order valence-electron chi connectivity index (χ0n) is 18.9. The molecule has 2 aromatic carbocycles. The summed E-state index contributed by atoms with van der Waals surface area (Å²) in [6, 6.07) is 15.4. The highest BCUT2D eigenvalue weighted by molar-refractivity contribution is 5.83. The maximum Gasteiger partial charge on any atom is 0.422 e. The Labute approximate surface area is 202 Å². The van der Waals surface area contributed by atoms with Gasteiger partial charge < -0.3 is 19.5 Å². The van der Waals surface area contributed by atoms with E-state index >= 15 is 0 Å². The number of carbonyl (C=O) groups is 1. The van der Waals surface area contributed by atoms with Gasteiger partial charge in [-0.15, -0.1) is 0 Å². The topological polar surface area (TPSA) is 138 Å². The molecule has 4 aromatic rings. The number of carbonyl (C=O) groups excluding carboxylic acids is 1. The number of aliphatic hydroxyl groups excluding tert-OH is 1. The monoisotopic (exact) mass is 497 g/mol. The molecule has 9 nitrogen and oxygen atoms in total. The number of halogens is 3. The van der Waals surface area contributed by atoms with Crippen LogP contribution in [0, 0.1) is 11.3 Å². The summed E-state index contributed by atoms with van der Waals surface area (Å²) in [5, 5.41) is 29.0. The van der Waals surface area contributed by atoms with Crippen molar-refractivity contribution in [3.8, 4) is 40.4 Å². The Morgan fingerprint density at radius 1 is 1.03 bits per heavy atom. The second kappa shape index (κ2) is 9.27. The number of nitrogens with one attached hydrogen (secondary N) is 1. The predicted molar refractivity (Wildman–Crippen MR) is 118 cm³/mol. The summed E-state index contributed by atoms with van der Waals surface area (Å²) in [5.41, 5.74) is -1.96. The fourth-order valence-electron chi connectivity index (χ4n) is 3.30. The van der Waals surface area contributed by atoms with E-state index in [4.69, 9.17) is 14.3 Å². The SMILES string of the molecule is CC(C)(C#N)NC(=O)C(O)c1ccc(-c2noc(-c3onc(-c4ccccc4)c3C(F)(F)F)n2)cc1. The fraction of sp³-hybridized carbons (Fsp3) is 0.208. The number of benzene rings is 2. The van der Waals surface area contributed by atoms with Crippen molar-refractivity contribution in [1.82, 2.24) is 20.6 Å². The predicted octanol–water partition coefficient (Wildman–Crippen LogP) is 4.53. The number of nitriles is 1. The van der Waals surface area contributed by atoms with E-state index in [0.717, 1.165) is 0 Å². The molecule has 1 unspecified atom stereocenters. The highest BCUT2D eigenvalue weighted by atomic mass is 19.4. The lowest BCUT2D eigenvalue weighted by Crippen LogP contribution is -2.44. The van der Waals surface area contributed by atoms with E-state index in [1.54, 1.807) is 18.2 Å². The summed E-state index contributed by atoms with van der Waals surface area (Å²) in [4.78, 5) is 16.2. The molecule has 0 saturated carbocycles. The maximum atomic E-state index is 13.9. The molecule has 2 N–H and O–H groups in total. The molecular formula is C24H18F3N5O4. The lowest BCUT2D eigenvalue weighted by atomic mass is 10.0. The summed E-state index contributed by atoms with van der Waals surface area (Å²) in [6.45, 7) is 2.96. The lowest BCUT2D eigenvalue weighted by molar-refractivity contribution is -0.137. The van der Waals surface area contributed by atoms with Crippen LogP contribution < -0.4 is 5.32 Å². The molecule has 12 heteroatoms. The molecule has 0 bridgehead atoms. The van der Waals surface area contributed by atoms with Crippen molar-refractivity contribution in [2.24, 2.45) is 0 Å². The largest absolute Gasteiger partial charge is 0.422 e. The standard InChI is InChI=1S/C24H18F3N5O4/c1-23(2,12-28)30-21(34)18(33)14-8-10-15(11-9-14)20-29-22(36-32-20)19-16(24(25,26)27)17(31-35-19)13-6-4-3-5-7-13/h3-11,18,33H,1-2H3,(H,30,34). The Balaban J connectivity index is 1.61. The Hall–Kier alpha value is -4.50.